The molecular formula is C26H33F. The van der Waals surface area contributed by atoms with Gasteiger partial charge in [0.05, 0.1) is 0 Å². The van der Waals surface area contributed by atoms with Crippen molar-refractivity contribution in [1.29, 1.82) is 0 Å². The molecule has 1 aromatic rings. The standard InChI is InChI=1S/C23H27F.C3H6/c1-5-7-8-9-10-12-21(11-6-2)15-18-23(24)20(4)22-16-13-19(3)14-17-22;1-3-2/h5-6,10-14,16-18H,1-2,4,7-9,15H2,3H3;3H,1H2,2H3/b12-10-,21-11+,23-18+;. The van der Waals surface area contributed by atoms with Crippen molar-refractivity contribution in [2.75, 3.05) is 0 Å². The first-order chi connectivity index (χ1) is 13.0. The van der Waals surface area contributed by atoms with Crippen LogP contribution in [0.3, 0.4) is 0 Å². The molecule has 0 spiro atoms. The van der Waals surface area contributed by atoms with Gasteiger partial charge >= 0.3 is 0 Å². The summed E-state index contributed by atoms with van der Waals surface area (Å²) in [6.45, 7) is 18.6. The summed E-state index contributed by atoms with van der Waals surface area (Å²) in [4.78, 5) is 0. The van der Waals surface area contributed by atoms with Crippen molar-refractivity contribution in [3.05, 3.63) is 116 Å². The van der Waals surface area contributed by atoms with E-state index in [9.17, 15) is 4.39 Å². The summed E-state index contributed by atoms with van der Waals surface area (Å²) in [5, 5.41) is 0. The lowest BCUT2D eigenvalue weighted by Gasteiger charge is -2.05. The van der Waals surface area contributed by atoms with Crippen LogP contribution in [-0.4, -0.2) is 0 Å². The van der Waals surface area contributed by atoms with Gasteiger partial charge in [-0.1, -0.05) is 79.4 Å². The molecule has 0 bridgehead atoms. The quantitative estimate of drug-likeness (QED) is 0.222. The molecule has 0 unspecified atom stereocenters. The zero-order valence-corrected chi connectivity index (χ0v) is 16.9. The monoisotopic (exact) mass is 364 g/mol. The molecule has 1 rings (SSSR count). The van der Waals surface area contributed by atoms with E-state index in [-0.39, 0.29) is 5.83 Å². The molecule has 0 aliphatic rings. The Morgan fingerprint density at radius 1 is 1.07 bits per heavy atom. The molecule has 1 heteroatoms. The van der Waals surface area contributed by atoms with Gasteiger partial charge in [0.1, 0.15) is 5.83 Å². The number of hydrogen-bond acceptors (Lipinski definition) is 0. The first kappa shape index (κ1) is 24.3. The van der Waals surface area contributed by atoms with Crippen LogP contribution in [-0.2, 0) is 0 Å². The highest BCUT2D eigenvalue weighted by molar-refractivity contribution is 5.75. The second-order valence-electron chi connectivity index (χ2n) is 6.11. The predicted molar refractivity (Wildman–Crippen MR) is 121 cm³/mol. The number of halogens is 1. The van der Waals surface area contributed by atoms with Gasteiger partial charge in [0.2, 0.25) is 0 Å². The van der Waals surface area contributed by atoms with Gasteiger partial charge < -0.3 is 0 Å². The van der Waals surface area contributed by atoms with Crippen molar-refractivity contribution in [1.82, 2.24) is 0 Å². The average molecular weight is 365 g/mol. The van der Waals surface area contributed by atoms with Gasteiger partial charge in [-0.3, -0.25) is 0 Å². The van der Waals surface area contributed by atoms with Gasteiger partial charge in [0.15, 0.2) is 0 Å². The minimum atomic E-state index is -0.283. The summed E-state index contributed by atoms with van der Waals surface area (Å²) < 4.78 is 14.3. The third-order valence-corrected chi connectivity index (χ3v) is 3.65. The van der Waals surface area contributed by atoms with Crippen LogP contribution in [0.5, 0.6) is 0 Å². The van der Waals surface area contributed by atoms with Crippen LogP contribution in [0.4, 0.5) is 4.39 Å². The van der Waals surface area contributed by atoms with Crippen molar-refractivity contribution < 1.29 is 4.39 Å². The largest absolute Gasteiger partial charge is 0.207 e. The van der Waals surface area contributed by atoms with E-state index in [1.807, 2.05) is 56.3 Å². The first-order valence-electron chi connectivity index (χ1n) is 9.28. The number of rotatable bonds is 10. The smallest absolute Gasteiger partial charge is 0.126 e. The fourth-order valence-corrected chi connectivity index (χ4v) is 2.18. The fourth-order valence-electron chi connectivity index (χ4n) is 2.18. The zero-order chi connectivity index (χ0) is 20.5. The zero-order valence-electron chi connectivity index (χ0n) is 16.9. The summed E-state index contributed by atoms with van der Waals surface area (Å²) in [5.74, 6) is -0.283. The number of benzene rings is 1. The van der Waals surface area contributed by atoms with Gasteiger partial charge in [-0.15, -0.1) is 13.2 Å². The van der Waals surface area contributed by atoms with Crippen molar-refractivity contribution in [3.8, 4) is 0 Å². The summed E-state index contributed by atoms with van der Waals surface area (Å²) in [5.41, 5.74) is 3.40. The minimum absolute atomic E-state index is 0.283. The van der Waals surface area contributed by atoms with Crippen LogP contribution in [0.1, 0.15) is 43.7 Å². The topological polar surface area (TPSA) is 0 Å². The molecule has 0 aliphatic heterocycles. The van der Waals surface area contributed by atoms with Crippen LogP contribution in [0.15, 0.2) is 105 Å². The van der Waals surface area contributed by atoms with E-state index in [0.29, 0.717) is 12.0 Å². The maximum Gasteiger partial charge on any atom is 0.126 e. The van der Waals surface area contributed by atoms with Gasteiger partial charge in [-0.05, 0) is 56.7 Å². The Bertz CT molecular complexity index is 681. The molecule has 1 aromatic carbocycles. The molecule has 0 radical (unpaired) electrons. The second kappa shape index (κ2) is 15.6. The molecule has 0 saturated heterocycles. The van der Waals surface area contributed by atoms with E-state index in [1.165, 1.54) is 0 Å². The average Bonchev–Trinajstić information content (AvgIpc) is 2.66. The van der Waals surface area contributed by atoms with E-state index in [1.54, 1.807) is 18.2 Å². The molecular weight excluding hydrogens is 331 g/mol. The maximum atomic E-state index is 14.3. The lowest BCUT2D eigenvalue weighted by atomic mass is 10.0. The highest BCUT2D eigenvalue weighted by Crippen LogP contribution is 2.24. The van der Waals surface area contributed by atoms with Crippen molar-refractivity contribution >= 4 is 5.57 Å². The molecule has 0 atom stereocenters. The van der Waals surface area contributed by atoms with Crippen LogP contribution in [0.2, 0.25) is 0 Å². The molecule has 0 aliphatic carbocycles. The van der Waals surface area contributed by atoms with E-state index in [2.05, 4.69) is 32.4 Å². The first-order valence-corrected chi connectivity index (χ1v) is 9.28. The fraction of sp³-hybridized carbons (Fsp3) is 0.231. The third-order valence-electron chi connectivity index (χ3n) is 3.65. The van der Waals surface area contributed by atoms with Gasteiger partial charge in [-0.2, -0.15) is 0 Å². The van der Waals surface area contributed by atoms with E-state index in [0.717, 1.165) is 36.0 Å². The Kier molecular flexibility index (Phi) is 14.0. The molecule has 27 heavy (non-hydrogen) atoms. The molecule has 0 fully saturated rings. The summed E-state index contributed by atoms with van der Waals surface area (Å²) in [6, 6.07) is 7.71. The Morgan fingerprint density at radius 2 is 1.70 bits per heavy atom. The molecule has 0 N–H and O–H groups in total. The van der Waals surface area contributed by atoms with Crippen LogP contribution in [0.25, 0.3) is 5.57 Å². The summed E-state index contributed by atoms with van der Waals surface area (Å²) >= 11 is 0. The van der Waals surface area contributed by atoms with E-state index < -0.39 is 0 Å². The van der Waals surface area contributed by atoms with Crippen molar-refractivity contribution in [2.45, 2.75) is 39.5 Å². The number of aryl methyl sites for hydroxylation is 1. The summed E-state index contributed by atoms with van der Waals surface area (Å²) in [6.07, 6.45) is 16.6. The minimum Gasteiger partial charge on any atom is -0.207 e. The molecule has 0 nitrogen and oxygen atoms in total. The Labute approximate surface area is 165 Å². The van der Waals surface area contributed by atoms with Gasteiger partial charge in [0.25, 0.3) is 0 Å². The second-order valence-corrected chi connectivity index (χ2v) is 6.11. The molecule has 144 valence electrons. The maximum absolute atomic E-state index is 14.3. The third kappa shape index (κ3) is 11.5. The van der Waals surface area contributed by atoms with Crippen LogP contribution >= 0.6 is 0 Å². The Morgan fingerprint density at radius 3 is 2.26 bits per heavy atom. The Balaban J connectivity index is 0.00000210. The number of allylic oxidation sites excluding steroid dienone is 10. The number of unbranched alkanes of at least 4 members (excludes halogenated alkanes) is 2. The van der Waals surface area contributed by atoms with Crippen molar-refractivity contribution in [2.24, 2.45) is 0 Å². The van der Waals surface area contributed by atoms with Crippen LogP contribution < -0.4 is 0 Å². The lowest BCUT2D eigenvalue weighted by Crippen LogP contribution is -1.85. The normalized spacial score (nSPS) is 11.5. The predicted octanol–water partition coefficient (Wildman–Crippen LogP) is 8.47. The van der Waals surface area contributed by atoms with E-state index in [4.69, 9.17) is 0 Å². The van der Waals surface area contributed by atoms with Crippen LogP contribution in [0, 0.1) is 6.92 Å². The Hall–Kier alpha value is -2.67. The highest BCUT2D eigenvalue weighted by Gasteiger charge is 2.04. The molecule has 0 aromatic heterocycles. The van der Waals surface area contributed by atoms with E-state index >= 15 is 0 Å². The molecule has 0 saturated carbocycles. The van der Waals surface area contributed by atoms with Gasteiger partial charge in [0, 0.05) is 5.57 Å². The number of hydrogen-bond donors (Lipinski definition) is 0. The SMILES string of the molecule is C=C/C=C(\C=C/CCCC=C)C/C=C(/F)C(=C)c1ccc(C)cc1.C=CC. The van der Waals surface area contributed by atoms with Crippen molar-refractivity contribution in [3.63, 3.8) is 0 Å². The summed E-state index contributed by atoms with van der Waals surface area (Å²) in [7, 11) is 0. The highest BCUT2D eigenvalue weighted by atomic mass is 19.1. The van der Waals surface area contributed by atoms with Gasteiger partial charge in [-0.25, -0.2) is 4.39 Å². The lowest BCUT2D eigenvalue weighted by molar-refractivity contribution is 0.669. The molecule has 0 heterocycles. The molecule has 0 amide bonds.